The molecular formula is C14H18N4O2. The Morgan fingerprint density at radius 2 is 2.35 bits per heavy atom. The second-order valence-corrected chi connectivity index (χ2v) is 4.47. The van der Waals surface area contributed by atoms with Crippen molar-refractivity contribution >= 4 is 5.91 Å². The Morgan fingerprint density at radius 3 is 2.90 bits per heavy atom. The lowest BCUT2D eigenvalue weighted by molar-refractivity contribution is 0.0929. The lowest BCUT2D eigenvalue weighted by Gasteiger charge is -2.15. The van der Waals surface area contributed by atoms with Gasteiger partial charge in [0, 0.05) is 31.2 Å². The summed E-state index contributed by atoms with van der Waals surface area (Å²) in [6.45, 7) is 2.04. The van der Waals surface area contributed by atoms with Crippen LogP contribution in [0.25, 0.3) is 5.82 Å². The Bertz CT molecular complexity index is 537. The van der Waals surface area contributed by atoms with Crippen LogP contribution in [0.4, 0.5) is 0 Å². The molecule has 0 aliphatic rings. The number of rotatable bonds is 6. The van der Waals surface area contributed by atoms with Crippen molar-refractivity contribution in [2.75, 3.05) is 6.61 Å². The molecule has 0 aromatic carbocycles. The summed E-state index contributed by atoms with van der Waals surface area (Å²) in [5, 5.41) is 11.8. The van der Waals surface area contributed by atoms with Gasteiger partial charge in [0.25, 0.3) is 5.91 Å². The summed E-state index contributed by atoms with van der Waals surface area (Å²) in [5.74, 6) is 0.538. The van der Waals surface area contributed by atoms with Gasteiger partial charge in [-0.05, 0) is 25.0 Å². The minimum atomic E-state index is -0.171. The minimum absolute atomic E-state index is 0.0131. The first-order valence-electron chi connectivity index (χ1n) is 6.60. The van der Waals surface area contributed by atoms with Crippen molar-refractivity contribution in [3.05, 3.63) is 42.6 Å². The average molecular weight is 274 g/mol. The molecule has 2 aromatic heterocycles. The molecule has 6 nitrogen and oxygen atoms in total. The van der Waals surface area contributed by atoms with Crippen molar-refractivity contribution in [3.8, 4) is 5.82 Å². The van der Waals surface area contributed by atoms with Crippen LogP contribution >= 0.6 is 0 Å². The molecule has 0 fully saturated rings. The zero-order chi connectivity index (χ0) is 14.4. The predicted octanol–water partition coefficient (Wildman–Crippen LogP) is 1.16. The molecule has 0 aliphatic carbocycles. The number of hydrogen-bond acceptors (Lipinski definition) is 4. The van der Waals surface area contributed by atoms with E-state index in [4.69, 9.17) is 5.11 Å². The number of pyridine rings is 1. The van der Waals surface area contributed by atoms with E-state index in [-0.39, 0.29) is 18.6 Å². The lowest BCUT2D eigenvalue weighted by Crippen LogP contribution is -2.35. The molecule has 0 aliphatic heterocycles. The van der Waals surface area contributed by atoms with Crippen molar-refractivity contribution in [2.45, 2.75) is 25.8 Å². The Balaban J connectivity index is 2.04. The molecule has 0 saturated carbocycles. The third-order valence-electron chi connectivity index (χ3n) is 3.08. The summed E-state index contributed by atoms with van der Waals surface area (Å²) >= 11 is 0. The number of amides is 1. The number of carbonyl (C=O) groups excluding carboxylic acids is 1. The van der Waals surface area contributed by atoms with E-state index in [0.29, 0.717) is 17.8 Å². The van der Waals surface area contributed by atoms with Gasteiger partial charge in [0.15, 0.2) is 0 Å². The predicted molar refractivity (Wildman–Crippen MR) is 74.6 cm³/mol. The maximum absolute atomic E-state index is 12.0. The maximum atomic E-state index is 12.0. The van der Waals surface area contributed by atoms with Crippen LogP contribution in [0.3, 0.4) is 0 Å². The summed E-state index contributed by atoms with van der Waals surface area (Å²) in [5.41, 5.74) is 0.505. The summed E-state index contributed by atoms with van der Waals surface area (Å²) in [6, 6.07) is 3.48. The van der Waals surface area contributed by atoms with Gasteiger partial charge in [-0.3, -0.25) is 9.36 Å². The normalized spacial score (nSPS) is 12.1. The maximum Gasteiger partial charge on any atom is 0.253 e. The molecular weight excluding hydrogens is 256 g/mol. The topological polar surface area (TPSA) is 80.0 Å². The van der Waals surface area contributed by atoms with Gasteiger partial charge in [-0.1, -0.05) is 6.92 Å². The molecule has 0 radical (unpaired) electrons. The van der Waals surface area contributed by atoms with Gasteiger partial charge in [0.2, 0.25) is 0 Å². The number of hydrogen-bond donors (Lipinski definition) is 2. The van der Waals surface area contributed by atoms with Crippen LogP contribution in [0.15, 0.2) is 37.1 Å². The molecule has 20 heavy (non-hydrogen) atoms. The first kappa shape index (κ1) is 14.2. The molecule has 2 rings (SSSR count). The van der Waals surface area contributed by atoms with Crippen LogP contribution in [-0.4, -0.2) is 38.2 Å². The van der Waals surface area contributed by atoms with Crippen LogP contribution in [0.1, 0.15) is 30.1 Å². The van der Waals surface area contributed by atoms with Crippen molar-refractivity contribution in [3.63, 3.8) is 0 Å². The van der Waals surface area contributed by atoms with Crippen LogP contribution in [0.2, 0.25) is 0 Å². The van der Waals surface area contributed by atoms with Gasteiger partial charge in [0.1, 0.15) is 12.1 Å². The van der Waals surface area contributed by atoms with Crippen LogP contribution in [-0.2, 0) is 0 Å². The highest BCUT2D eigenvalue weighted by Gasteiger charge is 2.12. The van der Waals surface area contributed by atoms with Crippen LogP contribution < -0.4 is 5.32 Å². The van der Waals surface area contributed by atoms with Crippen LogP contribution in [0.5, 0.6) is 0 Å². The molecule has 2 aromatic rings. The highest BCUT2D eigenvalue weighted by atomic mass is 16.3. The van der Waals surface area contributed by atoms with Crippen molar-refractivity contribution in [1.29, 1.82) is 0 Å². The zero-order valence-corrected chi connectivity index (χ0v) is 11.4. The number of imidazole rings is 1. The van der Waals surface area contributed by atoms with Crippen LogP contribution in [0, 0.1) is 0 Å². The van der Waals surface area contributed by atoms with E-state index in [1.165, 1.54) is 6.20 Å². The number of carbonyl (C=O) groups is 1. The van der Waals surface area contributed by atoms with Gasteiger partial charge >= 0.3 is 0 Å². The second-order valence-electron chi connectivity index (χ2n) is 4.47. The Kier molecular flexibility index (Phi) is 4.84. The quantitative estimate of drug-likeness (QED) is 0.828. The smallest absolute Gasteiger partial charge is 0.253 e. The highest BCUT2D eigenvalue weighted by molar-refractivity contribution is 5.94. The zero-order valence-electron chi connectivity index (χ0n) is 11.4. The van der Waals surface area contributed by atoms with Crippen molar-refractivity contribution in [1.82, 2.24) is 19.9 Å². The molecule has 0 spiro atoms. The van der Waals surface area contributed by atoms with Gasteiger partial charge in [-0.25, -0.2) is 9.97 Å². The van der Waals surface area contributed by atoms with E-state index in [1.54, 1.807) is 35.4 Å². The number of aliphatic hydroxyl groups excluding tert-OH is 1. The summed E-state index contributed by atoms with van der Waals surface area (Å²) in [4.78, 5) is 20.2. The third kappa shape index (κ3) is 3.42. The number of nitrogens with one attached hydrogen (secondary N) is 1. The molecule has 6 heteroatoms. The highest BCUT2D eigenvalue weighted by Crippen LogP contribution is 2.06. The first-order chi connectivity index (χ1) is 9.74. The van der Waals surface area contributed by atoms with Gasteiger partial charge in [0.05, 0.1) is 5.56 Å². The van der Waals surface area contributed by atoms with E-state index in [2.05, 4.69) is 15.3 Å². The van der Waals surface area contributed by atoms with Crippen molar-refractivity contribution < 1.29 is 9.90 Å². The molecule has 0 saturated heterocycles. The van der Waals surface area contributed by atoms with Gasteiger partial charge in [-0.15, -0.1) is 0 Å². The van der Waals surface area contributed by atoms with E-state index in [1.807, 2.05) is 6.92 Å². The molecule has 1 atom stereocenters. The number of aliphatic hydroxyl groups is 1. The monoisotopic (exact) mass is 274 g/mol. The minimum Gasteiger partial charge on any atom is -0.396 e. The molecule has 2 heterocycles. The number of aromatic nitrogens is 3. The largest absolute Gasteiger partial charge is 0.396 e. The summed E-state index contributed by atoms with van der Waals surface area (Å²) in [7, 11) is 0. The molecule has 0 bridgehead atoms. The second kappa shape index (κ2) is 6.81. The van der Waals surface area contributed by atoms with Crippen molar-refractivity contribution in [2.24, 2.45) is 0 Å². The molecule has 1 unspecified atom stereocenters. The standard InChI is InChI=1S/C14H18N4O2/c1-2-12(5-8-19)17-14(20)11-3-4-13(16-9-11)18-7-6-15-10-18/h3-4,6-7,9-10,12,19H,2,5,8H2,1H3,(H,17,20). The van der Waals surface area contributed by atoms with E-state index < -0.39 is 0 Å². The average Bonchev–Trinajstić information content (AvgIpc) is 3.01. The van der Waals surface area contributed by atoms with Gasteiger partial charge < -0.3 is 10.4 Å². The SMILES string of the molecule is CCC(CCO)NC(=O)c1ccc(-n2ccnc2)nc1. The van der Waals surface area contributed by atoms with E-state index >= 15 is 0 Å². The third-order valence-corrected chi connectivity index (χ3v) is 3.08. The Labute approximate surface area is 117 Å². The van der Waals surface area contributed by atoms with E-state index in [0.717, 1.165) is 6.42 Å². The fourth-order valence-corrected chi connectivity index (χ4v) is 1.87. The molecule has 106 valence electrons. The fraction of sp³-hybridized carbons (Fsp3) is 0.357. The molecule has 1 amide bonds. The Morgan fingerprint density at radius 1 is 1.50 bits per heavy atom. The van der Waals surface area contributed by atoms with Gasteiger partial charge in [-0.2, -0.15) is 0 Å². The molecule has 2 N–H and O–H groups in total. The summed E-state index contributed by atoms with van der Waals surface area (Å²) < 4.78 is 1.77. The first-order valence-corrected chi connectivity index (χ1v) is 6.60. The lowest BCUT2D eigenvalue weighted by atomic mass is 10.1. The summed E-state index contributed by atoms with van der Waals surface area (Å²) in [6.07, 6.45) is 7.99. The van der Waals surface area contributed by atoms with E-state index in [9.17, 15) is 4.79 Å². The Hall–Kier alpha value is -2.21. The number of nitrogens with zero attached hydrogens (tertiary/aromatic N) is 3. The fourth-order valence-electron chi connectivity index (χ4n) is 1.87.